The van der Waals surface area contributed by atoms with Crippen LogP contribution in [-0.4, -0.2) is 15.3 Å². The second-order valence-electron chi connectivity index (χ2n) is 4.99. The Morgan fingerprint density at radius 1 is 1.22 bits per heavy atom. The maximum Gasteiger partial charge on any atom is 0.416 e. The molecule has 1 N–H and O–H groups in total. The molecule has 2 heterocycles. The van der Waals surface area contributed by atoms with E-state index in [-0.39, 0.29) is 12.5 Å². The Hall–Kier alpha value is -2.83. The Labute approximate surface area is 129 Å². The van der Waals surface area contributed by atoms with E-state index in [0.717, 1.165) is 12.1 Å². The van der Waals surface area contributed by atoms with Crippen molar-refractivity contribution in [3.8, 4) is 0 Å². The van der Waals surface area contributed by atoms with Gasteiger partial charge in [-0.25, -0.2) is 4.98 Å². The Kier molecular flexibility index (Phi) is 3.77. The Morgan fingerprint density at radius 2 is 2.04 bits per heavy atom. The molecule has 4 nitrogen and oxygen atoms in total. The SMILES string of the molecule is O=C(NCc1cccc(C(F)(F)F)c1)c1ccc2nccn2c1. The van der Waals surface area contributed by atoms with Gasteiger partial charge < -0.3 is 9.72 Å². The van der Waals surface area contributed by atoms with Crippen molar-refractivity contribution in [1.29, 1.82) is 0 Å². The molecule has 1 amide bonds. The van der Waals surface area contributed by atoms with E-state index in [1.54, 1.807) is 35.1 Å². The number of nitrogens with zero attached hydrogens (tertiary/aromatic N) is 2. The molecule has 23 heavy (non-hydrogen) atoms. The van der Waals surface area contributed by atoms with Gasteiger partial charge in [-0.3, -0.25) is 4.79 Å². The summed E-state index contributed by atoms with van der Waals surface area (Å²) < 4.78 is 39.7. The van der Waals surface area contributed by atoms with E-state index < -0.39 is 11.7 Å². The molecule has 118 valence electrons. The second-order valence-corrected chi connectivity index (χ2v) is 4.99. The monoisotopic (exact) mass is 319 g/mol. The first kappa shape index (κ1) is 15.1. The number of halogens is 3. The number of benzene rings is 1. The van der Waals surface area contributed by atoms with Gasteiger partial charge in [-0.05, 0) is 29.8 Å². The highest BCUT2D eigenvalue weighted by atomic mass is 19.4. The number of pyridine rings is 1. The first-order valence-corrected chi connectivity index (χ1v) is 6.80. The summed E-state index contributed by atoms with van der Waals surface area (Å²) in [5.41, 5.74) is 0.767. The number of nitrogens with one attached hydrogen (secondary N) is 1. The summed E-state index contributed by atoms with van der Waals surface area (Å²) >= 11 is 0. The maximum absolute atomic E-state index is 12.7. The van der Waals surface area contributed by atoms with Crippen molar-refractivity contribution < 1.29 is 18.0 Å². The summed E-state index contributed by atoms with van der Waals surface area (Å²) in [6, 6.07) is 8.19. The number of alkyl halides is 3. The smallest absolute Gasteiger partial charge is 0.348 e. The minimum absolute atomic E-state index is 0.0186. The number of carbonyl (C=O) groups excluding carboxylic acids is 1. The molecule has 2 aromatic heterocycles. The molecule has 0 fully saturated rings. The van der Waals surface area contributed by atoms with Crippen LogP contribution < -0.4 is 5.32 Å². The highest BCUT2D eigenvalue weighted by molar-refractivity contribution is 5.94. The third-order valence-corrected chi connectivity index (χ3v) is 3.36. The number of imidazole rings is 1. The van der Waals surface area contributed by atoms with Crippen LogP contribution in [0.15, 0.2) is 55.0 Å². The fourth-order valence-electron chi connectivity index (χ4n) is 2.20. The molecule has 0 aliphatic rings. The Balaban J connectivity index is 1.71. The lowest BCUT2D eigenvalue weighted by Gasteiger charge is -2.10. The van der Waals surface area contributed by atoms with Gasteiger partial charge in [0.05, 0.1) is 11.1 Å². The van der Waals surface area contributed by atoms with Crippen LogP contribution in [0.5, 0.6) is 0 Å². The summed E-state index contributed by atoms with van der Waals surface area (Å²) in [5.74, 6) is -0.363. The largest absolute Gasteiger partial charge is 0.416 e. The molecule has 0 unspecified atom stereocenters. The van der Waals surface area contributed by atoms with Crippen molar-refractivity contribution >= 4 is 11.6 Å². The fourth-order valence-corrected chi connectivity index (χ4v) is 2.20. The molecule has 0 aliphatic carbocycles. The van der Waals surface area contributed by atoms with Crippen molar-refractivity contribution in [1.82, 2.24) is 14.7 Å². The molecular formula is C16H12F3N3O. The molecule has 0 atom stereocenters. The predicted octanol–water partition coefficient (Wildman–Crippen LogP) is 3.28. The van der Waals surface area contributed by atoms with E-state index in [1.165, 1.54) is 12.1 Å². The molecule has 0 radical (unpaired) electrons. The van der Waals surface area contributed by atoms with Crippen LogP contribution in [0.25, 0.3) is 5.65 Å². The molecule has 0 aliphatic heterocycles. The van der Waals surface area contributed by atoms with Crippen molar-refractivity contribution in [2.75, 3.05) is 0 Å². The normalized spacial score (nSPS) is 11.6. The first-order valence-electron chi connectivity index (χ1n) is 6.80. The molecule has 3 aromatic rings. The summed E-state index contributed by atoms with van der Waals surface area (Å²) in [4.78, 5) is 16.2. The van der Waals surface area contributed by atoms with Gasteiger partial charge in [0.1, 0.15) is 5.65 Å². The van der Waals surface area contributed by atoms with Crippen LogP contribution >= 0.6 is 0 Å². The van der Waals surface area contributed by atoms with Gasteiger partial charge in [0.25, 0.3) is 5.91 Å². The number of carbonyl (C=O) groups is 1. The maximum atomic E-state index is 12.7. The standard InChI is InChI=1S/C16H12F3N3O/c17-16(18,19)13-3-1-2-11(8-13)9-21-15(23)12-4-5-14-20-6-7-22(14)10-12/h1-8,10H,9H2,(H,21,23). The van der Waals surface area contributed by atoms with Gasteiger partial charge >= 0.3 is 6.18 Å². The number of amides is 1. The van der Waals surface area contributed by atoms with E-state index in [9.17, 15) is 18.0 Å². The topological polar surface area (TPSA) is 46.4 Å². The van der Waals surface area contributed by atoms with E-state index in [1.807, 2.05) is 0 Å². The lowest BCUT2D eigenvalue weighted by molar-refractivity contribution is -0.137. The zero-order valence-corrected chi connectivity index (χ0v) is 11.8. The fraction of sp³-hybridized carbons (Fsp3) is 0.125. The summed E-state index contributed by atoms with van der Waals surface area (Å²) in [7, 11) is 0. The third kappa shape index (κ3) is 3.33. The van der Waals surface area contributed by atoms with Crippen LogP contribution in [0.1, 0.15) is 21.5 Å². The minimum Gasteiger partial charge on any atom is -0.348 e. The van der Waals surface area contributed by atoms with Gasteiger partial charge in [0, 0.05) is 25.1 Å². The van der Waals surface area contributed by atoms with E-state index in [2.05, 4.69) is 10.3 Å². The Bertz CT molecular complexity index is 855. The summed E-state index contributed by atoms with van der Waals surface area (Å²) in [6.45, 7) is 0.0186. The molecule has 0 saturated heterocycles. The molecular weight excluding hydrogens is 307 g/mol. The van der Waals surface area contributed by atoms with Gasteiger partial charge in [0.2, 0.25) is 0 Å². The predicted molar refractivity (Wildman–Crippen MR) is 77.8 cm³/mol. The van der Waals surface area contributed by atoms with Crippen molar-refractivity contribution in [2.45, 2.75) is 12.7 Å². The van der Waals surface area contributed by atoms with E-state index >= 15 is 0 Å². The van der Waals surface area contributed by atoms with Gasteiger partial charge in [-0.2, -0.15) is 13.2 Å². The van der Waals surface area contributed by atoms with Gasteiger partial charge in [0.15, 0.2) is 0 Å². The highest BCUT2D eigenvalue weighted by Crippen LogP contribution is 2.29. The lowest BCUT2D eigenvalue weighted by Crippen LogP contribution is -2.23. The molecule has 1 aromatic carbocycles. The quantitative estimate of drug-likeness (QED) is 0.805. The van der Waals surface area contributed by atoms with E-state index in [0.29, 0.717) is 16.8 Å². The lowest BCUT2D eigenvalue weighted by atomic mass is 10.1. The van der Waals surface area contributed by atoms with Crippen LogP contribution in [0.2, 0.25) is 0 Å². The molecule has 3 rings (SSSR count). The van der Waals surface area contributed by atoms with Crippen LogP contribution in [0, 0.1) is 0 Å². The summed E-state index contributed by atoms with van der Waals surface area (Å²) in [6.07, 6.45) is 0.537. The number of aromatic nitrogens is 2. The molecule has 0 spiro atoms. The summed E-state index contributed by atoms with van der Waals surface area (Å²) in [5, 5.41) is 2.61. The minimum atomic E-state index is -4.40. The molecule has 0 saturated carbocycles. The second kappa shape index (κ2) is 5.75. The average Bonchev–Trinajstić information content (AvgIpc) is 2.99. The average molecular weight is 319 g/mol. The number of hydrogen-bond acceptors (Lipinski definition) is 2. The van der Waals surface area contributed by atoms with Gasteiger partial charge in [-0.1, -0.05) is 12.1 Å². The highest BCUT2D eigenvalue weighted by Gasteiger charge is 2.30. The van der Waals surface area contributed by atoms with Crippen LogP contribution in [0.4, 0.5) is 13.2 Å². The van der Waals surface area contributed by atoms with Crippen LogP contribution in [0.3, 0.4) is 0 Å². The van der Waals surface area contributed by atoms with Crippen molar-refractivity contribution in [3.63, 3.8) is 0 Å². The van der Waals surface area contributed by atoms with Crippen LogP contribution in [-0.2, 0) is 12.7 Å². The van der Waals surface area contributed by atoms with Crippen molar-refractivity contribution in [3.05, 3.63) is 71.7 Å². The number of fused-ring (bicyclic) bond motifs is 1. The van der Waals surface area contributed by atoms with Crippen molar-refractivity contribution in [2.24, 2.45) is 0 Å². The number of rotatable bonds is 3. The zero-order valence-electron chi connectivity index (χ0n) is 11.8. The first-order chi connectivity index (χ1) is 10.9. The van der Waals surface area contributed by atoms with E-state index in [4.69, 9.17) is 0 Å². The number of hydrogen-bond donors (Lipinski definition) is 1. The molecule has 7 heteroatoms. The molecule has 0 bridgehead atoms. The third-order valence-electron chi connectivity index (χ3n) is 3.36. The van der Waals surface area contributed by atoms with Gasteiger partial charge in [-0.15, -0.1) is 0 Å². The Morgan fingerprint density at radius 3 is 2.83 bits per heavy atom. The zero-order chi connectivity index (χ0) is 16.4.